The van der Waals surface area contributed by atoms with E-state index in [2.05, 4.69) is 0 Å². The van der Waals surface area contributed by atoms with Crippen molar-refractivity contribution >= 4 is 29.3 Å². The molecular formula is C16H22Cl2N2O3. The maximum absolute atomic E-state index is 12.3. The highest BCUT2D eigenvalue weighted by molar-refractivity contribution is 6.35. The second-order valence-corrected chi connectivity index (χ2v) is 7.51. The molecule has 2 N–H and O–H groups in total. The van der Waals surface area contributed by atoms with E-state index in [1.54, 1.807) is 23.1 Å². The minimum atomic E-state index is -0.547. The molecule has 1 heterocycles. The highest BCUT2D eigenvalue weighted by Gasteiger charge is 2.36. The Hall–Kier alpha value is -1.17. The van der Waals surface area contributed by atoms with E-state index < -0.39 is 5.60 Å². The van der Waals surface area contributed by atoms with Crippen LogP contribution in [0, 0.1) is 0 Å². The van der Waals surface area contributed by atoms with Crippen molar-refractivity contribution < 1.29 is 14.3 Å². The maximum Gasteiger partial charge on any atom is 0.410 e. The minimum Gasteiger partial charge on any atom is -0.490 e. The summed E-state index contributed by atoms with van der Waals surface area (Å²) in [5, 5.41) is 0.976. The molecule has 0 aromatic heterocycles. The van der Waals surface area contributed by atoms with Crippen LogP contribution in [0.15, 0.2) is 18.2 Å². The number of likely N-dealkylation sites (tertiary alicyclic amines) is 1. The molecular weight excluding hydrogens is 339 g/mol. The molecule has 5 nitrogen and oxygen atoms in total. The summed E-state index contributed by atoms with van der Waals surface area (Å²) in [6, 6.07) is 4.79. The molecule has 1 aliphatic rings. The molecule has 1 aromatic carbocycles. The van der Waals surface area contributed by atoms with Gasteiger partial charge in [-0.2, -0.15) is 0 Å². The molecule has 1 amide bonds. The van der Waals surface area contributed by atoms with Gasteiger partial charge in [0.05, 0.1) is 11.1 Å². The third kappa shape index (κ3) is 5.16. The average molecular weight is 361 g/mol. The van der Waals surface area contributed by atoms with Crippen LogP contribution < -0.4 is 10.5 Å². The number of halogens is 2. The molecule has 7 heteroatoms. The predicted octanol–water partition coefficient (Wildman–Crippen LogP) is 3.71. The Morgan fingerprint density at radius 2 is 2.09 bits per heavy atom. The lowest BCUT2D eigenvalue weighted by Crippen LogP contribution is -2.42. The average Bonchev–Trinajstić information content (AvgIpc) is 2.77. The molecule has 2 atom stereocenters. The van der Waals surface area contributed by atoms with Crippen molar-refractivity contribution in [3.05, 3.63) is 28.2 Å². The SMILES string of the molecule is CC(C)(C)OC(=O)N1C[C@@H](N)C[C@H]1COc1ccc(Cl)cc1Cl. The van der Waals surface area contributed by atoms with Crippen LogP contribution in [0.2, 0.25) is 10.0 Å². The molecule has 0 unspecified atom stereocenters. The fourth-order valence-corrected chi connectivity index (χ4v) is 2.90. The molecule has 1 fully saturated rings. The van der Waals surface area contributed by atoms with E-state index in [4.69, 9.17) is 38.4 Å². The van der Waals surface area contributed by atoms with Gasteiger partial charge in [-0.05, 0) is 45.4 Å². The van der Waals surface area contributed by atoms with Crippen molar-refractivity contribution in [3.63, 3.8) is 0 Å². The first-order valence-electron chi connectivity index (χ1n) is 7.49. The van der Waals surface area contributed by atoms with Gasteiger partial charge in [0.25, 0.3) is 0 Å². The Morgan fingerprint density at radius 1 is 1.39 bits per heavy atom. The summed E-state index contributed by atoms with van der Waals surface area (Å²) < 4.78 is 11.2. The quantitative estimate of drug-likeness (QED) is 0.892. The number of amides is 1. The summed E-state index contributed by atoms with van der Waals surface area (Å²) in [6.07, 6.45) is 0.283. The van der Waals surface area contributed by atoms with Gasteiger partial charge in [-0.3, -0.25) is 0 Å². The molecule has 1 aliphatic heterocycles. The highest BCUT2D eigenvalue weighted by atomic mass is 35.5. The summed E-state index contributed by atoms with van der Waals surface area (Å²) in [5.41, 5.74) is 5.44. The lowest BCUT2D eigenvalue weighted by molar-refractivity contribution is 0.0186. The van der Waals surface area contributed by atoms with Gasteiger partial charge >= 0.3 is 6.09 Å². The van der Waals surface area contributed by atoms with Crippen molar-refractivity contribution in [3.8, 4) is 5.75 Å². The van der Waals surface area contributed by atoms with Crippen LogP contribution >= 0.6 is 23.2 Å². The highest BCUT2D eigenvalue weighted by Crippen LogP contribution is 2.29. The van der Waals surface area contributed by atoms with E-state index >= 15 is 0 Å². The first-order valence-corrected chi connectivity index (χ1v) is 8.24. The van der Waals surface area contributed by atoms with Crippen molar-refractivity contribution in [2.24, 2.45) is 5.73 Å². The number of hydrogen-bond acceptors (Lipinski definition) is 4. The summed E-state index contributed by atoms with van der Waals surface area (Å²) in [6.45, 7) is 6.26. The van der Waals surface area contributed by atoms with Crippen LogP contribution in [0.3, 0.4) is 0 Å². The molecule has 0 spiro atoms. The van der Waals surface area contributed by atoms with Crippen LogP contribution in [0.4, 0.5) is 4.79 Å². The molecule has 1 aromatic rings. The predicted molar refractivity (Wildman–Crippen MR) is 91.3 cm³/mol. The normalized spacial score (nSPS) is 21.4. The minimum absolute atomic E-state index is 0.0863. The third-order valence-corrected chi connectivity index (χ3v) is 3.93. The van der Waals surface area contributed by atoms with Gasteiger partial charge < -0.3 is 20.1 Å². The van der Waals surface area contributed by atoms with E-state index in [0.717, 1.165) is 0 Å². The fraction of sp³-hybridized carbons (Fsp3) is 0.562. The Balaban J connectivity index is 2.00. The van der Waals surface area contributed by atoms with Gasteiger partial charge in [-0.15, -0.1) is 0 Å². The smallest absolute Gasteiger partial charge is 0.410 e. The number of benzene rings is 1. The van der Waals surface area contributed by atoms with E-state index in [9.17, 15) is 4.79 Å². The van der Waals surface area contributed by atoms with E-state index in [0.29, 0.717) is 35.4 Å². The van der Waals surface area contributed by atoms with Crippen molar-refractivity contribution in [1.29, 1.82) is 0 Å². The van der Waals surface area contributed by atoms with Gasteiger partial charge in [0.15, 0.2) is 0 Å². The number of nitrogens with zero attached hydrogens (tertiary/aromatic N) is 1. The number of carbonyl (C=O) groups excluding carboxylic acids is 1. The fourth-order valence-electron chi connectivity index (χ4n) is 2.43. The van der Waals surface area contributed by atoms with Gasteiger partial charge in [0.2, 0.25) is 0 Å². The van der Waals surface area contributed by atoms with E-state index in [1.165, 1.54) is 0 Å². The molecule has 128 valence electrons. The summed E-state index contributed by atoms with van der Waals surface area (Å²) >= 11 is 12.0. The zero-order chi connectivity index (χ0) is 17.2. The molecule has 2 rings (SSSR count). The van der Waals surface area contributed by atoms with E-state index in [1.807, 2.05) is 20.8 Å². The second kappa shape index (κ2) is 7.16. The van der Waals surface area contributed by atoms with Crippen molar-refractivity contribution in [2.75, 3.05) is 13.2 Å². The Morgan fingerprint density at radius 3 is 2.70 bits per heavy atom. The standard InChI is InChI=1S/C16H22Cl2N2O3/c1-16(2,3)23-15(21)20-8-11(19)7-12(20)9-22-14-5-4-10(17)6-13(14)18/h4-6,11-12H,7-9,19H2,1-3H3/t11-,12-/m0/s1. The van der Waals surface area contributed by atoms with Crippen LogP contribution in [0.25, 0.3) is 0 Å². The molecule has 23 heavy (non-hydrogen) atoms. The third-order valence-electron chi connectivity index (χ3n) is 3.40. The number of nitrogens with two attached hydrogens (primary N) is 1. The Labute approximate surface area is 146 Å². The zero-order valence-corrected chi connectivity index (χ0v) is 15.0. The molecule has 0 saturated carbocycles. The van der Waals surface area contributed by atoms with E-state index in [-0.39, 0.29) is 18.2 Å². The largest absolute Gasteiger partial charge is 0.490 e. The first kappa shape index (κ1) is 18.2. The van der Waals surface area contributed by atoms with Crippen LogP contribution in [0.1, 0.15) is 27.2 Å². The number of rotatable bonds is 3. The van der Waals surface area contributed by atoms with Crippen LogP contribution in [-0.4, -0.2) is 41.8 Å². The Kier molecular flexibility index (Phi) is 5.65. The zero-order valence-electron chi connectivity index (χ0n) is 13.5. The number of carbonyl (C=O) groups is 1. The van der Waals surface area contributed by atoms with Gasteiger partial charge in [-0.1, -0.05) is 23.2 Å². The lowest BCUT2D eigenvalue weighted by atomic mass is 10.2. The van der Waals surface area contributed by atoms with Crippen LogP contribution in [-0.2, 0) is 4.74 Å². The van der Waals surface area contributed by atoms with Crippen molar-refractivity contribution in [2.45, 2.75) is 44.9 Å². The number of hydrogen-bond donors (Lipinski definition) is 1. The second-order valence-electron chi connectivity index (χ2n) is 6.67. The van der Waals surface area contributed by atoms with Gasteiger partial charge in [0, 0.05) is 17.6 Å². The van der Waals surface area contributed by atoms with Gasteiger partial charge in [0.1, 0.15) is 18.0 Å². The first-order chi connectivity index (χ1) is 10.7. The molecule has 1 saturated heterocycles. The summed E-state index contributed by atoms with van der Waals surface area (Å²) in [4.78, 5) is 13.9. The van der Waals surface area contributed by atoms with Crippen molar-refractivity contribution in [1.82, 2.24) is 4.90 Å². The number of ether oxygens (including phenoxy) is 2. The molecule has 0 bridgehead atoms. The van der Waals surface area contributed by atoms with Crippen LogP contribution in [0.5, 0.6) is 5.75 Å². The Bertz CT molecular complexity index is 575. The topological polar surface area (TPSA) is 64.8 Å². The summed E-state index contributed by atoms with van der Waals surface area (Å²) in [5.74, 6) is 0.528. The van der Waals surface area contributed by atoms with Gasteiger partial charge in [-0.25, -0.2) is 4.79 Å². The summed E-state index contributed by atoms with van der Waals surface area (Å²) in [7, 11) is 0. The molecule has 0 radical (unpaired) electrons. The molecule has 0 aliphatic carbocycles. The lowest BCUT2D eigenvalue weighted by Gasteiger charge is -2.28. The maximum atomic E-state index is 12.3. The monoisotopic (exact) mass is 360 g/mol.